The third kappa shape index (κ3) is 3.86. The Morgan fingerprint density at radius 2 is 1.70 bits per heavy atom. The standard InChI is InChI=1S/C15H12Cl3FO/c16-12-2-1-3-15(19)11(12)8-10(20)6-9-4-5-13(17)14(18)7-9/h1-5,7,10,20H,6,8H2. The summed E-state index contributed by atoms with van der Waals surface area (Å²) in [5, 5.41) is 11.3. The Hall–Kier alpha value is -0.800. The zero-order valence-corrected chi connectivity index (χ0v) is 12.7. The molecular formula is C15H12Cl3FO. The van der Waals surface area contributed by atoms with Gasteiger partial charge < -0.3 is 5.11 Å². The van der Waals surface area contributed by atoms with Crippen molar-refractivity contribution in [3.8, 4) is 0 Å². The fourth-order valence-electron chi connectivity index (χ4n) is 1.97. The molecule has 0 spiro atoms. The van der Waals surface area contributed by atoms with Crippen molar-refractivity contribution in [2.24, 2.45) is 0 Å². The minimum absolute atomic E-state index is 0.145. The first-order valence-electron chi connectivity index (χ1n) is 6.02. The molecule has 20 heavy (non-hydrogen) atoms. The molecule has 5 heteroatoms. The van der Waals surface area contributed by atoms with Crippen LogP contribution in [0.4, 0.5) is 4.39 Å². The normalized spacial score (nSPS) is 12.4. The average Bonchev–Trinajstić information content (AvgIpc) is 2.38. The second kappa shape index (κ2) is 6.77. The van der Waals surface area contributed by atoms with Gasteiger partial charge in [-0.15, -0.1) is 0 Å². The zero-order chi connectivity index (χ0) is 14.7. The predicted molar refractivity (Wildman–Crippen MR) is 81.3 cm³/mol. The van der Waals surface area contributed by atoms with Crippen molar-refractivity contribution < 1.29 is 9.50 Å². The summed E-state index contributed by atoms with van der Waals surface area (Å²) < 4.78 is 13.6. The van der Waals surface area contributed by atoms with E-state index in [4.69, 9.17) is 34.8 Å². The molecule has 1 atom stereocenters. The van der Waals surface area contributed by atoms with E-state index < -0.39 is 11.9 Å². The van der Waals surface area contributed by atoms with Crippen molar-refractivity contribution in [1.29, 1.82) is 0 Å². The highest BCUT2D eigenvalue weighted by molar-refractivity contribution is 6.42. The Morgan fingerprint density at radius 1 is 0.950 bits per heavy atom. The Kier molecular flexibility index (Phi) is 5.28. The third-order valence-electron chi connectivity index (χ3n) is 2.96. The Labute approximate surface area is 131 Å². The van der Waals surface area contributed by atoms with Crippen LogP contribution in [0.3, 0.4) is 0 Å². The molecule has 0 saturated heterocycles. The molecule has 0 heterocycles. The minimum atomic E-state index is -0.748. The van der Waals surface area contributed by atoms with Gasteiger partial charge in [0.05, 0.1) is 16.1 Å². The van der Waals surface area contributed by atoms with E-state index in [1.807, 2.05) is 0 Å². The van der Waals surface area contributed by atoms with E-state index in [1.54, 1.807) is 24.3 Å². The molecule has 1 unspecified atom stereocenters. The van der Waals surface area contributed by atoms with Crippen LogP contribution >= 0.6 is 34.8 Å². The molecule has 0 aromatic heterocycles. The fraction of sp³-hybridized carbons (Fsp3) is 0.200. The van der Waals surface area contributed by atoms with Gasteiger partial charge >= 0.3 is 0 Å². The van der Waals surface area contributed by atoms with Gasteiger partial charge in [0.2, 0.25) is 0 Å². The first-order chi connectivity index (χ1) is 9.47. The van der Waals surface area contributed by atoms with E-state index in [2.05, 4.69) is 0 Å². The number of benzene rings is 2. The van der Waals surface area contributed by atoms with Gasteiger partial charge in [-0.05, 0) is 36.2 Å². The lowest BCUT2D eigenvalue weighted by atomic mass is 10.0. The molecular weight excluding hydrogens is 322 g/mol. The monoisotopic (exact) mass is 332 g/mol. The molecule has 0 fully saturated rings. The number of hydrogen-bond donors (Lipinski definition) is 1. The molecule has 1 nitrogen and oxygen atoms in total. The summed E-state index contributed by atoms with van der Waals surface area (Å²) in [6.07, 6.45) is -0.255. The molecule has 0 saturated carbocycles. The molecule has 0 aliphatic carbocycles. The van der Waals surface area contributed by atoms with Gasteiger partial charge in [-0.1, -0.05) is 46.9 Å². The lowest BCUT2D eigenvalue weighted by Crippen LogP contribution is -2.15. The quantitative estimate of drug-likeness (QED) is 0.841. The van der Waals surface area contributed by atoms with Gasteiger partial charge in [0.25, 0.3) is 0 Å². The number of halogens is 4. The minimum Gasteiger partial charge on any atom is -0.392 e. The molecule has 2 aromatic rings. The maximum atomic E-state index is 13.6. The maximum Gasteiger partial charge on any atom is 0.127 e. The van der Waals surface area contributed by atoms with E-state index in [9.17, 15) is 9.50 Å². The number of hydrogen-bond acceptors (Lipinski definition) is 1. The van der Waals surface area contributed by atoms with Crippen molar-refractivity contribution in [2.75, 3.05) is 0 Å². The van der Waals surface area contributed by atoms with E-state index >= 15 is 0 Å². The van der Waals surface area contributed by atoms with Gasteiger partial charge in [-0.3, -0.25) is 0 Å². The molecule has 2 aromatic carbocycles. The molecule has 2 rings (SSSR count). The highest BCUT2D eigenvalue weighted by Gasteiger charge is 2.13. The molecule has 106 valence electrons. The van der Waals surface area contributed by atoms with Gasteiger partial charge in [-0.2, -0.15) is 0 Å². The van der Waals surface area contributed by atoms with Gasteiger partial charge in [0, 0.05) is 17.0 Å². The fourth-order valence-corrected chi connectivity index (χ4v) is 2.53. The van der Waals surface area contributed by atoms with Crippen molar-refractivity contribution in [1.82, 2.24) is 0 Å². The van der Waals surface area contributed by atoms with Crippen molar-refractivity contribution in [3.05, 3.63) is 68.4 Å². The number of aliphatic hydroxyl groups excluding tert-OH is 1. The molecule has 0 aliphatic heterocycles. The highest BCUT2D eigenvalue weighted by Crippen LogP contribution is 2.25. The number of rotatable bonds is 4. The van der Waals surface area contributed by atoms with Crippen LogP contribution in [0.15, 0.2) is 36.4 Å². The van der Waals surface area contributed by atoms with Crippen LogP contribution in [-0.4, -0.2) is 11.2 Å². The first kappa shape index (κ1) is 15.6. The third-order valence-corrected chi connectivity index (χ3v) is 4.05. The summed E-state index contributed by atoms with van der Waals surface area (Å²) in [6, 6.07) is 9.60. The van der Waals surface area contributed by atoms with Crippen LogP contribution in [0.2, 0.25) is 15.1 Å². The summed E-state index contributed by atoms with van der Waals surface area (Å²) >= 11 is 17.7. The van der Waals surface area contributed by atoms with Crippen LogP contribution in [0.1, 0.15) is 11.1 Å². The lowest BCUT2D eigenvalue weighted by Gasteiger charge is -2.13. The Bertz CT molecular complexity index is 596. The van der Waals surface area contributed by atoms with E-state index in [0.29, 0.717) is 27.1 Å². The molecule has 1 N–H and O–H groups in total. The maximum absolute atomic E-state index is 13.6. The predicted octanol–water partition coefficient (Wildman–Crippen LogP) is 4.93. The topological polar surface area (TPSA) is 20.2 Å². The van der Waals surface area contributed by atoms with Crippen LogP contribution in [0.5, 0.6) is 0 Å². The van der Waals surface area contributed by atoms with Crippen molar-refractivity contribution in [3.63, 3.8) is 0 Å². The second-order valence-corrected chi connectivity index (χ2v) is 5.73. The van der Waals surface area contributed by atoms with Crippen molar-refractivity contribution in [2.45, 2.75) is 18.9 Å². The van der Waals surface area contributed by atoms with Gasteiger partial charge in [-0.25, -0.2) is 4.39 Å². The molecule has 0 aliphatic rings. The highest BCUT2D eigenvalue weighted by atomic mass is 35.5. The molecule has 0 amide bonds. The largest absolute Gasteiger partial charge is 0.392 e. The Morgan fingerprint density at radius 3 is 2.35 bits per heavy atom. The summed E-state index contributed by atoms with van der Waals surface area (Å²) in [5.41, 5.74) is 1.15. The van der Waals surface area contributed by atoms with E-state index in [1.165, 1.54) is 12.1 Å². The van der Waals surface area contributed by atoms with Crippen LogP contribution in [0.25, 0.3) is 0 Å². The lowest BCUT2D eigenvalue weighted by molar-refractivity contribution is 0.174. The summed E-state index contributed by atoms with van der Waals surface area (Å²) in [5.74, 6) is -0.411. The zero-order valence-electron chi connectivity index (χ0n) is 10.4. The Balaban J connectivity index is 2.09. The van der Waals surface area contributed by atoms with Crippen LogP contribution in [0, 0.1) is 5.82 Å². The number of aliphatic hydroxyl groups is 1. The van der Waals surface area contributed by atoms with E-state index in [-0.39, 0.29) is 6.42 Å². The SMILES string of the molecule is OC(Cc1ccc(Cl)c(Cl)c1)Cc1c(F)cccc1Cl. The summed E-state index contributed by atoms with van der Waals surface area (Å²) in [4.78, 5) is 0. The average molecular weight is 334 g/mol. The smallest absolute Gasteiger partial charge is 0.127 e. The van der Waals surface area contributed by atoms with Gasteiger partial charge in [0.1, 0.15) is 5.82 Å². The van der Waals surface area contributed by atoms with Gasteiger partial charge in [0.15, 0.2) is 0 Å². The second-order valence-electron chi connectivity index (χ2n) is 4.51. The summed E-state index contributed by atoms with van der Waals surface area (Å²) in [6.45, 7) is 0. The van der Waals surface area contributed by atoms with E-state index in [0.717, 1.165) is 5.56 Å². The summed E-state index contributed by atoms with van der Waals surface area (Å²) in [7, 11) is 0. The first-order valence-corrected chi connectivity index (χ1v) is 7.15. The molecule has 0 radical (unpaired) electrons. The van der Waals surface area contributed by atoms with Crippen LogP contribution in [-0.2, 0) is 12.8 Å². The van der Waals surface area contributed by atoms with Crippen molar-refractivity contribution >= 4 is 34.8 Å². The van der Waals surface area contributed by atoms with Crippen LogP contribution < -0.4 is 0 Å². The molecule has 0 bridgehead atoms.